The minimum Gasteiger partial charge on any atom is -0.492 e. The molecule has 2 heterocycles. The Kier molecular flexibility index (Phi) is 5.31. The summed E-state index contributed by atoms with van der Waals surface area (Å²) in [6.07, 6.45) is 0.993. The van der Waals surface area contributed by atoms with Gasteiger partial charge in [0, 0.05) is 24.5 Å². The first-order chi connectivity index (χ1) is 11.3. The highest BCUT2D eigenvalue weighted by Crippen LogP contribution is 2.37. The van der Waals surface area contributed by atoms with E-state index in [4.69, 9.17) is 4.74 Å². The summed E-state index contributed by atoms with van der Waals surface area (Å²) in [7, 11) is 0. The zero-order valence-corrected chi connectivity index (χ0v) is 14.2. The number of hydrogen-bond acceptors (Lipinski definition) is 4. The molecule has 23 heavy (non-hydrogen) atoms. The van der Waals surface area contributed by atoms with Gasteiger partial charge in [0.1, 0.15) is 10.6 Å². The van der Waals surface area contributed by atoms with Gasteiger partial charge in [-0.1, -0.05) is 30.3 Å². The third-order valence-corrected chi connectivity index (χ3v) is 5.03. The highest BCUT2D eigenvalue weighted by molar-refractivity contribution is 7.17. The maximum Gasteiger partial charge on any atom is 0.267 e. The van der Waals surface area contributed by atoms with E-state index in [0.717, 1.165) is 43.0 Å². The van der Waals surface area contributed by atoms with Crippen molar-refractivity contribution in [2.24, 2.45) is 0 Å². The first kappa shape index (κ1) is 16.0. The zero-order chi connectivity index (χ0) is 16.1. The van der Waals surface area contributed by atoms with Crippen LogP contribution in [0, 0.1) is 0 Å². The van der Waals surface area contributed by atoms with E-state index in [-0.39, 0.29) is 5.91 Å². The van der Waals surface area contributed by atoms with Gasteiger partial charge in [0.15, 0.2) is 0 Å². The average Bonchev–Trinajstić information content (AvgIpc) is 2.82. The molecular weight excluding hydrogens is 308 g/mol. The molecule has 1 fully saturated rings. The summed E-state index contributed by atoms with van der Waals surface area (Å²) in [6, 6.07) is 12.1. The molecule has 1 aliphatic rings. The van der Waals surface area contributed by atoms with Gasteiger partial charge in [0.25, 0.3) is 5.91 Å². The SMILES string of the molecule is CCOc1cc(-c2ccccc2)sc1C(=O)N1CCCNCC1. The van der Waals surface area contributed by atoms with E-state index >= 15 is 0 Å². The van der Waals surface area contributed by atoms with Crippen LogP contribution in [-0.4, -0.2) is 43.6 Å². The molecule has 1 aliphatic heterocycles. The largest absolute Gasteiger partial charge is 0.492 e. The van der Waals surface area contributed by atoms with Crippen LogP contribution in [0.4, 0.5) is 0 Å². The second kappa shape index (κ2) is 7.62. The number of ether oxygens (including phenoxy) is 1. The van der Waals surface area contributed by atoms with Crippen LogP contribution in [0.5, 0.6) is 5.75 Å². The molecule has 0 atom stereocenters. The zero-order valence-electron chi connectivity index (χ0n) is 13.4. The molecule has 5 heteroatoms. The predicted molar refractivity (Wildman–Crippen MR) is 94.3 cm³/mol. The van der Waals surface area contributed by atoms with Crippen molar-refractivity contribution in [1.82, 2.24) is 10.2 Å². The quantitative estimate of drug-likeness (QED) is 0.936. The molecule has 1 amide bonds. The van der Waals surface area contributed by atoms with Crippen molar-refractivity contribution in [2.75, 3.05) is 32.8 Å². The lowest BCUT2D eigenvalue weighted by Crippen LogP contribution is -2.33. The van der Waals surface area contributed by atoms with Crippen LogP contribution in [0.3, 0.4) is 0 Å². The van der Waals surface area contributed by atoms with Gasteiger partial charge in [-0.2, -0.15) is 0 Å². The summed E-state index contributed by atoms with van der Waals surface area (Å²) in [5, 5.41) is 3.33. The molecule has 0 radical (unpaired) electrons. The Bertz CT molecular complexity index is 646. The lowest BCUT2D eigenvalue weighted by Gasteiger charge is -2.19. The van der Waals surface area contributed by atoms with Crippen LogP contribution >= 0.6 is 11.3 Å². The van der Waals surface area contributed by atoms with Crippen LogP contribution < -0.4 is 10.1 Å². The molecule has 0 aliphatic carbocycles. The molecular formula is C18H22N2O2S. The number of thiophene rings is 1. The molecule has 0 saturated carbocycles. The monoisotopic (exact) mass is 330 g/mol. The second-order valence-electron chi connectivity index (χ2n) is 5.50. The number of hydrogen-bond donors (Lipinski definition) is 1. The summed E-state index contributed by atoms with van der Waals surface area (Å²) in [5.74, 6) is 0.794. The number of rotatable bonds is 4. The lowest BCUT2D eigenvalue weighted by atomic mass is 10.2. The Hall–Kier alpha value is -1.85. The van der Waals surface area contributed by atoms with Gasteiger partial charge < -0.3 is 15.0 Å². The number of amides is 1. The van der Waals surface area contributed by atoms with Crippen molar-refractivity contribution in [3.05, 3.63) is 41.3 Å². The van der Waals surface area contributed by atoms with E-state index in [1.807, 2.05) is 36.1 Å². The van der Waals surface area contributed by atoms with Crippen LogP contribution in [0.1, 0.15) is 23.0 Å². The van der Waals surface area contributed by atoms with E-state index in [2.05, 4.69) is 17.4 Å². The Balaban J connectivity index is 1.90. The Morgan fingerprint density at radius 3 is 2.87 bits per heavy atom. The van der Waals surface area contributed by atoms with Crippen molar-refractivity contribution in [2.45, 2.75) is 13.3 Å². The normalized spacial score (nSPS) is 15.3. The predicted octanol–water partition coefficient (Wildman–Crippen LogP) is 3.25. The van der Waals surface area contributed by atoms with Crippen LogP contribution in [0.2, 0.25) is 0 Å². The minimum absolute atomic E-state index is 0.0873. The first-order valence-corrected chi connectivity index (χ1v) is 8.93. The van der Waals surface area contributed by atoms with Gasteiger partial charge in [0.05, 0.1) is 6.61 Å². The van der Waals surface area contributed by atoms with Crippen molar-refractivity contribution < 1.29 is 9.53 Å². The summed E-state index contributed by atoms with van der Waals surface area (Å²) >= 11 is 1.52. The van der Waals surface area contributed by atoms with Crippen molar-refractivity contribution in [3.63, 3.8) is 0 Å². The molecule has 0 bridgehead atoms. The Morgan fingerprint density at radius 2 is 2.09 bits per heavy atom. The van der Waals surface area contributed by atoms with Gasteiger partial charge in [-0.3, -0.25) is 4.79 Å². The minimum atomic E-state index is 0.0873. The van der Waals surface area contributed by atoms with Gasteiger partial charge in [-0.05, 0) is 31.5 Å². The lowest BCUT2D eigenvalue weighted by molar-refractivity contribution is 0.0767. The summed E-state index contributed by atoms with van der Waals surface area (Å²) in [5.41, 5.74) is 1.12. The summed E-state index contributed by atoms with van der Waals surface area (Å²) < 4.78 is 5.73. The topological polar surface area (TPSA) is 41.6 Å². The second-order valence-corrected chi connectivity index (χ2v) is 6.55. The van der Waals surface area contributed by atoms with Crippen molar-refractivity contribution in [1.29, 1.82) is 0 Å². The molecule has 4 nitrogen and oxygen atoms in total. The van der Waals surface area contributed by atoms with Crippen LogP contribution in [0.15, 0.2) is 36.4 Å². The van der Waals surface area contributed by atoms with E-state index in [1.54, 1.807) is 0 Å². The summed E-state index contributed by atoms with van der Waals surface area (Å²) in [6.45, 7) is 5.89. The fraction of sp³-hybridized carbons (Fsp3) is 0.389. The van der Waals surface area contributed by atoms with E-state index in [0.29, 0.717) is 17.2 Å². The Labute approximate surface area is 141 Å². The third-order valence-electron chi connectivity index (χ3n) is 3.88. The fourth-order valence-electron chi connectivity index (χ4n) is 2.72. The van der Waals surface area contributed by atoms with Crippen LogP contribution in [0.25, 0.3) is 10.4 Å². The van der Waals surface area contributed by atoms with E-state index in [1.165, 1.54) is 11.3 Å². The highest BCUT2D eigenvalue weighted by atomic mass is 32.1. The first-order valence-electron chi connectivity index (χ1n) is 8.11. The highest BCUT2D eigenvalue weighted by Gasteiger charge is 2.24. The van der Waals surface area contributed by atoms with Gasteiger partial charge in [0.2, 0.25) is 0 Å². The fourth-order valence-corrected chi connectivity index (χ4v) is 3.80. The molecule has 122 valence electrons. The van der Waals surface area contributed by atoms with Gasteiger partial charge >= 0.3 is 0 Å². The average molecular weight is 330 g/mol. The molecule has 1 saturated heterocycles. The van der Waals surface area contributed by atoms with Gasteiger partial charge in [-0.25, -0.2) is 0 Å². The standard InChI is InChI=1S/C18H22N2O2S/c1-2-22-15-13-16(14-7-4-3-5-8-14)23-17(15)18(21)20-11-6-9-19-10-12-20/h3-5,7-8,13,19H,2,6,9-12H2,1H3. The van der Waals surface area contributed by atoms with Crippen molar-refractivity contribution >= 4 is 17.2 Å². The molecule has 1 aromatic heterocycles. The molecule has 0 spiro atoms. The number of carbonyl (C=O) groups excluding carboxylic acids is 1. The molecule has 2 aromatic rings. The smallest absolute Gasteiger partial charge is 0.267 e. The number of nitrogens with one attached hydrogen (secondary N) is 1. The molecule has 3 rings (SSSR count). The Morgan fingerprint density at radius 1 is 1.26 bits per heavy atom. The maximum absolute atomic E-state index is 12.9. The van der Waals surface area contributed by atoms with E-state index in [9.17, 15) is 4.79 Å². The molecule has 0 unspecified atom stereocenters. The molecule has 1 N–H and O–H groups in total. The number of benzene rings is 1. The number of nitrogens with zero attached hydrogens (tertiary/aromatic N) is 1. The maximum atomic E-state index is 12.9. The van der Waals surface area contributed by atoms with Crippen molar-refractivity contribution in [3.8, 4) is 16.2 Å². The molecule has 1 aromatic carbocycles. The number of carbonyl (C=O) groups is 1. The van der Waals surface area contributed by atoms with Gasteiger partial charge in [-0.15, -0.1) is 11.3 Å². The summed E-state index contributed by atoms with van der Waals surface area (Å²) in [4.78, 5) is 16.6. The third kappa shape index (κ3) is 3.74. The van der Waals surface area contributed by atoms with Crippen LogP contribution in [-0.2, 0) is 0 Å². The van der Waals surface area contributed by atoms with E-state index < -0.39 is 0 Å².